The Balaban J connectivity index is 0.00000192. The van der Waals surface area contributed by atoms with Gasteiger partial charge in [0.15, 0.2) is 0 Å². The van der Waals surface area contributed by atoms with Gasteiger partial charge in [0.1, 0.15) is 17.2 Å². The highest BCUT2D eigenvalue weighted by Crippen LogP contribution is 2.44. The molecular weight excluding hydrogens is 318 g/mol. The van der Waals surface area contributed by atoms with E-state index in [1.807, 2.05) is 23.1 Å². The van der Waals surface area contributed by atoms with Crippen LogP contribution in [0.4, 0.5) is 5.69 Å². The summed E-state index contributed by atoms with van der Waals surface area (Å²) >= 11 is 0. The fourth-order valence-corrected chi connectivity index (χ4v) is 3.26. The average molecular weight is 340 g/mol. The van der Waals surface area contributed by atoms with Gasteiger partial charge in [0.2, 0.25) is 11.9 Å². The second-order valence-corrected chi connectivity index (χ2v) is 5.50. The number of anilines is 1. The van der Waals surface area contributed by atoms with Gasteiger partial charge in [0.25, 0.3) is 0 Å². The van der Waals surface area contributed by atoms with Crippen LogP contribution in [-0.2, 0) is 0 Å². The summed E-state index contributed by atoms with van der Waals surface area (Å²) in [5, 5.41) is 0. The van der Waals surface area contributed by atoms with Crippen molar-refractivity contribution in [3.8, 4) is 11.5 Å². The number of hydrogen-bond donors (Lipinski definition) is 2. The lowest BCUT2D eigenvalue weighted by molar-refractivity contribution is 0.395. The van der Waals surface area contributed by atoms with Gasteiger partial charge in [-0.05, 0) is 37.8 Å². The molecule has 1 aromatic rings. The number of halogens is 1. The fourth-order valence-electron chi connectivity index (χ4n) is 3.26. The number of guanidine groups is 2. The third-order valence-electron chi connectivity index (χ3n) is 4.23. The summed E-state index contributed by atoms with van der Waals surface area (Å²) in [5.74, 6) is 1.98. The molecule has 1 heterocycles. The Morgan fingerprint density at radius 3 is 2.43 bits per heavy atom. The molecule has 23 heavy (non-hydrogen) atoms. The van der Waals surface area contributed by atoms with Gasteiger partial charge in [0, 0.05) is 6.07 Å². The standard InChI is InChI=1S/C15H21N5O2.ClH/c1-21-10-5-6-12(22-2)11(9-10)20-14(17)18-13(16)19-15(20)7-3-4-8-15;/h5-6,9H,3-4,7-8H2,1-2H3,(H4,16,17,18,19);1H. The molecule has 1 saturated carbocycles. The molecule has 0 saturated heterocycles. The van der Waals surface area contributed by atoms with Crippen LogP contribution in [0.2, 0.25) is 0 Å². The molecule has 1 fully saturated rings. The van der Waals surface area contributed by atoms with E-state index in [2.05, 4.69) is 9.98 Å². The molecule has 8 heteroatoms. The first-order valence-corrected chi connectivity index (χ1v) is 7.31. The molecule has 2 aliphatic rings. The van der Waals surface area contributed by atoms with Crippen LogP contribution in [0, 0.1) is 0 Å². The van der Waals surface area contributed by atoms with Crippen LogP contribution >= 0.6 is 12.4 Å². The topological polar surface area (TPSA) is 98.5 Å². The van der Waals surface area contributed by atoms with Gasteiger partial charge < -0.3 is 20.9 Å². The first-order valence-electron chi connectivity index (χ1n) is 7.31. The molecule has 4 N–H and O–H groups in total. The second kappa shape index (κ2) is 6.54. The van der Waals surface area contributed by atoms with E-state index < -0.39 is 5.66 Å². The van der Waals surface area contributed by atoms with Gasteiger partial charge in [-0.2, -0.15) is 4.99 Å². The normalized spacial score (nSPS) is 19.0. The molecule has 3 rings (SSSR count). The molecule has 0 radical (unpaired) electrons. The van der Waals surface area contributed by atoms with Crippen molar-refractivity contribution in [2.45, 2.75) is 31.3 Å². The molecule has 1 aliphatic carbocycles. The molecule has 7 nitrogen and oxygen atoms in total. The van der Waals surface area contributed by atoms with Gasteiger partial charge in [-0.25, -0.2) is 4.99 Å². The Labute approximate surface area is 141 Å². The van der Waals surface area contributed by atoms with Gasteiger partial charge in [-0.3, -0.25) is 4.90 Å². The molecule has 0 aromatic heterocycles. The van der Waals surface area contributed by atoms with E-state index in [-0.39, 0.29) is 18.4 Å². The zero-order chi connectivity index (χ0) is 15.7. The van der Waals surface area contributed by atoms with Crippen molar-refractivity contribution >= 4 is 30.0 Å². The summed E-state index contributed by atoms with van der Waals surface area (Å²) < 4.78 is 10.8. The van der Waals surface area contributed by atoms with Gasteiger partial charge >= 0.3 is 0 Å². The number of ether oxygens (including phenoxy) is 2. The van der Waals surface area contributed by atoms with Crippen LogP contribution in [-0.4, -0.2) is 31.8 Å². The van der Waals surface area contributed by atoms with Crippen molar-refractivity contribution in [1.82, 2.24) is 0 Å². The summed E-state index contributed by atoms with van der Waals surface area (Å²) in [7, 11) is 3.25. The number of benzene rings is 1. The number of rotatable bonds is 3. The Hall–Kier alpha value is -2.15. The molecule has 1 aliphatic heterocycles. The van der Waals surface area contributed by atoms with Crippen LogP contribution in [0.3, 0.4) is 0 Å². The van der Waals surface area contributed by atoms with Crippen molar-refractivity contribution < 1.29 is 9.47 Å². The van der Waals surface area contributed by atoms with Gasteiger partial charge in [-0.15, -0.1) is 12.4 Å². The monoisotopic (exact) mass is 339 g/mol. The maximum atomic E-state index is 6.19. The molecule has 126 valence electrons. The van der Waals surface area contributed by atoms with E-state index in [1.165, 1.54) is 0 Å². The number of hydrogen-bond acceptors (Lipinski definition) is 7. The minimum absolute atomic E-state index is 0. The van der Waals surface area contributed by atoms with E-state index in [1.54, 1.807) is 14.2 Å². The molecule has 0 bridgehead atoms. The summed E-state index contributed by atoms with van der Waals surface area (Å²) in [5.41, 5.74) is 12.4. The van der Waals surface area contributed by atoms with E-state index >= 15 is 0 Å². The van der Waals surface area contributed by atoms with Crippen molar-refractivity contribution in [3.63, 3.8) is 0 Å². The highest BCUT2D eigenvalue weighted by molar-refractivity contribution is 6.06. The molecule has 0 atom stereocenters. The Bertz CT molecular complexity index is 641. The Kier molecular flexibility index (Phi) is 4.89. The second-order valence-electron chi connectivity index (χ2n) is 5.50. The molecular formula is C15H22ClN5O2. The van der Waals surface area contributed by atoms with Crippen LogP contribution in [0.15, 0.2) is 28.2 Å². The van der Waals surface area contributed by atoms with E-state index in [4.69, 9.17) is 20.9 Å². The van der Waals surface area contributed by atoms with Gasteiger partial charge in [-0.1, -0.05) is 0 Å². The van der Waals surface area contributed by atoms with Crippen molar-refractivity contribution in [2.75, 3.05) is 19.1 Å². The van der Waals surface area contributed by atoms with Crippen LogP contribution in [0.25, 0.3) is 0 Å². The zero-order valence-electron chi connectivity index (χ0n) is 13.3. The van der Waals surface area contributed by atoms with Gasteiger partial charge in [0.05, 0.1) is 19.9 Å². The summed E-state index contributed by atoms with van der Waals surface area (Å²) in [6.45, 7) is 0. The maximum absolute atomic E-state index is 6.19. The molecule has 0 unspecified atom stereocenters. The van der Waals surface area contributed by atoms with Crippen LogP contribution in [0.1, 0.15) is 25.7 Å². The van der Waals surface area contributed by atoms with E-state index in [9.17, 15) is 0 Å². The lowest BCUT2D eigenvalue weighted by Crippen LogP contribution is -2.56. The first kappa shape index (κ1) is 17.2. The number of nitrogens with zero attached hydrogens (tertiary/aromatic N) is 3. The van der Waals surface area contributed by atoms with E-state index in [0.717, 1.165) is 37.1 Å². The summed E-state index contributed by atoms with van der Waals surface area (Å²) in [4.78, 5) is 10.7. The lowest BCUT2D eigenvalue weighted by atomic mass is 10.0. The van der Waals surface area contributed by atoms with Crippen LogP contribution < -0.4 is 25.8 Å². The number of methoxy groups -OCH3 is 2. The van der Waals surface area contributed by atoms with E-state index in [0.29, 0.717) is 11.7 Å². The van der Waals surface area contributed by atoms with Crippen molar-refractivity contribution in [1.29, 1.82) is 0 Å². The highest BCUT2D eigenvalue weighted by Gasteiger charge is 2.45. The average Bonchev–Trinajstić information content (AvgIpc) is 2.94. The largest absolute Gasteiger partial charge is 0.497 e. The smallest absolute Gasteiger partial charge is 0.220 e. The summed E-state index contributed by atoms with van der Waals surface area (Å²) in [6.07, 6.45) is 3.91. The highest BCUT2D eigenvalue weighted by atomic mass is 35.5. The number of nitrogens with two attached hydrogens (primary N) is 2. The van der Waals surface area contributed by atoms with Crippen LogP contribution in [0.5, 0.6) is 11.5 Å². The number of aliphatic imine (C=N–C) groups is 2. The molecule has 1 spiro atoms. The Morgan fingerprint density at radius 2 is 1.83 bits per heavy atom. The fraction of sp³-hybridized carbons (Fsp3) is 0.467. The molecule has 0 amide bonds. The lowest BCUT2D eigenvalue weighted by Gasteiger charge is -2.41. The maximum Gasteiger partial charge on any atom is 0.220 e. The SMILES string of the molecule is COc1ccc(OC)c(N2C(N)=NC(N)=NC23CCCC3)c1.Cl. The third-order valence-corrected chi connectivity index (χ3v) is 4.23. The van der Waals surface area contributed by atoms with Crippen molar-refractivity contribution in [3.05, 3.63) is 18.2 Å². The van der Waals surface area contributed by atoms with Crippen molar-refractivity contribution in [2.24, 2.45) is 21.5 Å². The third kappa shape index (κ3) is 2.88. The molecule has 1 aromatic carbocycles. The predicted molar refractivity (Wildman–Crippen MR) is 93.7 cm³/mol. The summed E-state index contributed by atoms with van der Waals surface area (Å²) in [6, 6.07) is 5.59. The predicted octanol–water partition coefficient (Wildman–Crippen LogP) is 1.85. The zero-order valence-corrected chi connectivity index (χ0v) is 14.1. The minimum atomic E-state index is -0.477. The Morgan fingerprint density at radius 1 is 1.13 bits per heavy atom. The first-order chi connectivity index (χ1) is 10.6. The minimum Gasteiger partial charge on any atom is -0.497 e. The quantitative estimate of drug-likeness (QED) is 0.875.